The lowest BCUT2D eigenvalue weighted by Crippen LogP contribution is -1.96. The van der Waals surface area contributed by atoms with E-state index in [2.05, 4.69) is 31.2 Å². The standard InChI is InChI=1S/C11H9BrClN3/c1-7-2-3-10(9(13)4-7)16-11-8(12)5-14-6-15-11/h2-6H,1H3,(H,14,15,16). The van der Waals surface area contributed by atoms with Gasteiger partial charge in [-0.2, -0.15) is 0 Å². The van der Waals surface area contributed by atoms with E-state index in [0.29, 0.717) is 10.8 Å². The Bertz CT molecular complexity index is 516. The monoisotopic (exact) mass is 297 g/mol. The van der Waals surface area contributed by atoms with Crippen LogP contribution in [0.2, 0.25) is 5.02 Å². The molecule has 16 heavy (non-hydrogen) atoms. The molecule has 1 aromatic carbocycles. The summed E-state index contributed by atoms with van der Waals surface area (Å²) in [7, 11) is 0. The summed E-state index contributed by atoms with van der Waals surface area (Å²) in [5.74, 6) is 0.695. The van der Waals surface area contributed by atoms with Crippen molar-refractivity contribution in [2.45, 2.75) is 6.92 Å². The van der Waals surface area contributed by atoms with Crippen LogP contribution in [0.25, 0.3) is 0 Å². The molecule has 5 heteroatoms. The lowest BCUT2D eigenvalue weighted by molar-refractivity contribution is 1.15. The second-order valence-electron chi connectivity index (χ2n) is 3.33. The van der Waals surface area contributed by atoms with Crippen LogP contribution in [0.4, 0.5) is 11.5 Å². The third-order valence-electron chi connectivity index (χ3n) is 2.05. The van der Waals surface area contributed by atoms with Gasteiger partial charge in [0.25, 0.3) is 0 Å². The molecule has 0 fully saturated rings. The summed E-state index contributed by atoms with van der Waals surface area (Å²) in [4.78, 5) is 8.00. The highest BCUT2D eigenvalue weighted by Crippen LogP contribution is 2.28. The van der Waals surface area contributed by atoms with Crippen LogP contribution in [-0.4, -0.2) is 9.97 Å². The minimum Gasteiger partial charge on any atom is -0.338 e. The second-order valence-corrected chi connectivity index (χ2v) is 4.59. The van der Waals surface area contributed by atoms with Gasteiger partial charge < -0.3 is 5.32 Å². The molecule has 0 amide bonds. The number of nitrogens with one attached hydrogen (secondary N) is 1. The van der Waals surface area contributed by atoms with E-state index < -0.39 is 0 Å². The fraction of sp³-hybridized carbons (Fsp3) is 0.0909. The van der Waals surface area contributed by atoms with E-state index in [1.807, 2.05) is 25.1 Å². The van der Waals surface area contributed by atoms with Gasteiger partial charge in [-0.15, -0.1) is 0 Å². The van der Waals surface area contributed by atoms with Crippen LogP contribution in [-0.2, 0) is 0 Å². The Hall–Kier alpha value is -1.13. The molecule has 0 saturated carbocycles. The molecule has 0 bridgehead atoms. The number of halogens is 2. The lowest BCUT2D eigenvalue weighted by Gasteiger charge is -2.08. The minimum absolute atomic E-state index is 0.672. The first-order valence-electron chi connectivity index (χ1n) is 4.65. The molecule has 3 nitrogen and oxygen atoms in total. The Balaban J connectivity index is 2.31. The summed E-state index contributed by atoms with van der Waals surface area (Å²) in [5, 5.41) is 3.81. The molecular weight excluding hydrogens is 289 g/mol. The lowest BCUT2D eigenvalue weighted by atomic mass is 10.2. The van der Waals surface area contributed by atoms with Gasteiger partial charge in [0.15, 0.2) is 0 Å². The molecule has 2 aromatic rings. The SMILES string of the molecule is Cc1ccc(Nc2ncncc2Br)c(Cl)c1. The van der Waals surface area contributed by atoms with Crippen LogP contribution < -0.4 is 5.32 Å². The quantitative estimate of drug-likeness (QED) is 0.912. The molecule has 0 unspecified atom stereocenters. The zero-order valence-corrected chi connectivity index (χ0v) is 10.9. The Morgan fingerprint density at radius 1 is 1.38 bits per heavy atom. The number of rotatable bonds is 2. The van der Waals surface area contributed by atoms with Crippen LogP contribution in [0, 0.1) is 6.92 Å². The van der Waals surface area contributed by atoms with E-state index in [9.17, 15) is 0 Å². The number of hydrogen-bond acceptors (Lipinski definition) is 3. The molecule has 0 radical (unpaired) electrons. The predicted molar refractivity (Wildman–Crippen MR) is 69.2 cm³/mol. The summed E-state index contributed by atoms with van der Waals surface area (Å²) in [6.07, 6.45) is 3.16. The largest absolute Gasteiger partial charge is 0.338 e. The third kappa shape index (κ3) is 2.51. The highest BCUT2D eigenvalue weighted by molar-refractivity contribution is 9.10. The van der Waals surface area contributed by atoms with E-state index in [-0.39, 0.29) is 0 Å². The van der Waals surface area contributed by atoms with Gasteiger partial charge in [-0.25, -0.2) is 9.97 Å². The molecule has 0 aliphatic rings. The normalized spacial score (nSPS) is 10.2. The van der Waals surface area contributed by atoms with Gasteiger partial charge in [0, 0.05) is 6.20 Å². The molecule has 1 aromatic heterocycles. The smallest absolute Gasteiger partial charge is 0.148 e. The fourth-order valence-corrected chi connectivity index (χ4v) is 1.86. The minimum atomic E-state index is 0.672. The molecular formula is C11H9BrClN3. The average Bonchev–Trinajstić information content (AvgIpc) is 2.25. The number of nitrogens with zero attached hydrogens (tertiary/aromatic N) is 2. The summed E-state index contributed by atoms with van der Waals surface area (Å²) in [5.41, 5.74) is 1.95. The molecule has 0 saturated heterocycles. The topological polar surface area (TPSA) is 37.8 Å². The number of benzene rings is 1. The maximum Gasteiger partial charge on any atom is 0.148 e. The first-order chi connectivity index (χ1) is 7.66. The Morgan fingerprint density at radius 2 is 2.19 bits per heavy atom. The van der Waals surface area contributed by atoms with Crippen molar-refractivity contribution in [2.75, 3.05) is 5.32 Å². The molecule has 1 heterocycles. The van der Waals surface area contributed by atoms with E-state index in [1.165, 1.54) is 6.33 Å². The highest BCUT2D eigenvalue weighted by Gasteiger charge is 2.04. The molecule has 0 aliphatic carbocycles. The third-order valence-corrected chi connectivity index (χ3v) is 2.94. The van der Waals surface area contributed by atoms with Gasteiger partial charge in [0.1, 0.15) is 12.1 Å². The Morgan fingerprint density at radius 3 is 2.88 bits per heavy atom. The fourth-order valence-electron chi connectivity index (χ4n) is 1.25. The zero-order valence-electron chi connectivity index (χ0n) is 8.54. The van der Waals surface area contributed by atoms with Crippen LogP contribution in [0.15, 0.2) is 35.2 Å². The zero-order chi connectivity index (χ0) is 11.5. The summed E-state index contributed by atoms with van der Waals surface area (Å²) in [6, 6.07) is 5.81. The van der Waals surface area contributed by atoms with Crippen LogP contribution >= 0.6 is 27.5 Å². The predicted octanol–water partition coefficient (Wildman–Crippen LogP) is 3.94. The summed E-state index contributed by atoms with van der Waals surface area (Å²) < 4.78 is 0.798. The van der Waals surface area contributed by atoms with Crippen molar-refractivity contribution in [1.82, 2.24) is 9.97 Å². The van der Waals surface area contributed by atoms with Crippen molar-refractivity contribution < 1.29 is 0 Å². The van der Waals surface area contributed by atoms with Gasteiger partial charge in [-0.05, 0) is 40.5 Å². The number of hydrogen-bond donors (Lipinski definition) is 1. The first-order valence-corrected chi connectivity index (χ1v) is 5.82. The highest BCUT2D eigenvalue weighted by atomic mass is 79.9. The van der Waals surface area contributed by atoms with Crippen molar-refractivity contribution in [2.24, 2.45) is 0 Å². The van der Waals surface area contributed by atoms with Crippen molar-refractivity contribution in [3.8, 4) is 0 Å². The van der Waals surface area contributed by atoms with E-state index in [0.717, 1.165) is 15.7 Å². The Labute approximate surface area is 107 Å². The maximum absolute atomic E-state index is 6.11. The molecule has 0 spiro atoms. The van der Waals surface area contributed by atoms with Gasteiger partial charge >= 0.3 is 0 Å². The van der Waals surface area contributed by atoms with Crippen LogP contribution in [0.1, 0.15) is 5.56 Å². The Kier molecular flexibility index (Phi) is 3.41. The first kappa shape index (κ1) is 11.4. The van der Waals surface area contributed by atoms with Crippen LogP contribution in [0.5, 0.6) is 0 Å². The summed E-state index contributed by atoms with van der Waals surface area (Å²) >= 11 is 9.47. The molecule has 0 aliphatic heterocycles. The molecule has 1 N–H and O–H groups in total. The van der Waals surface area contributed by atoms with Gasteiger partial charge in [-0.1, -0.05) is 17.7 Å². The number of anilines is 2. The number of aromatic nitrogens is 2. The maximum atomic E-state index is 6.11. The average molecular weight is 299 g/mol. The molecule has 2 rings (SSSR count). The molecule has 0 atom stereocenters. The van der Waals surface area contributed by atoms with Crippen molar-refractivity contribution >= 4 is 39.0 Å². The van der Waals surface area contributed by atoms with Crippen molar-refractivity contribution in [3.05, 3.63) is 45.8 Å². The molecule has 82 valence electrons. The second kappa shape index (κ2) is 4.80. The van der Waals surface area contributed by atoms with Gasteiger partial charge in [-0.3, -0.25) is 0 Å². The van der Waals surface area contributed by atoms with Gasteiger partial charge in [0.05, 0.1) is 15.2 Å². The van der Waals surface area contributed by atoms with Crippen molar-refractivity contribution in [3.63, 3.8) is 0 Å². The van der Waals surface area contributed by atoms with E-state index in [1.54, 1.807) is 6.20 Å². The van der Waals surface area contributed by atoms with Crippen molar-refractivity contribution in [1.29, 1.82) is 0 Å². The van der Waals surface area contributed by atoms with Gasteiger partial charge in [0.2, 0.25) is 0 Å². The summed E-state index contributed by atoms with van der Waals surface area (Å²) in [6.45, 7) is 2.00. The van der Waals surface area contributed by atoms with Crippen LogP contribution in [0.3, 0.4) is 0 Å². The van der Waals surface area contributed by atoms with E-state index >= 15 is 0 Å². The van der Waals surface area contributed by atoms with E-state index in [4.69, 9.17) is 11.6 Å². The number of aryl methyl sites for hydroxylation is 1.